The summed E-state index contributed by atoms with van der Waals surface area (Å²) in [5.41, 5.74) is 4.05. The number of carboxylic acids is 1. The fourth-order valence-electron chi connectivity index (χ4n) is 3.87. The maximum Gasteiger partial charge on any atom is 0.335 e. The Morgan fingerprint density at radius 3 is 2.27 bits per heavy atom. The van der Waals surface area contributed by atoms with Crippen LogP contribution in [-0.2, 0) is 19.6 Å². The number of hydrogen-bond acceptors (Lipinski definition) is 5. The second-order valence-electron chi connectivity index (χ2n) is 7.97. The summed E-state index contributed by atoms with van der Waals surface area (Å²) in [5.74, 6) is -0.417. The molecule has 0 saturated heterocycles. The Morgan fingerprint density at radius 2 is 1.61 bits per heavy atom. The van der Waals surface area contributed by atoms with Gasteiger partial charge in [0.15, 0.2) is 5.78 Å². The van der Waals surface area contributed by atoms with Gasteiger partial charge in [-0.25, -0.2) is 4.79 Å². The van der Waals surface area contributed by atoms with Crippen LogP contribution in [0.4, 0.5) is 0 Å². The third kappa shape index (κ3) is 5.27. The molecular weight excluding hydrogens is 420 g/mol. The molecule has 3 aromatic carbocycles. The Kier molecular flexibility index (Phi) is 6.51. The van der Waals surface area contributed by atoms with Crippen molar-refractivity contribution in [2.24, 2.45) is 0 Å². The Hall–Kier alpha value is -3.97. The van der Waals surface area contributed by atoms with Gasteiger partial charge in [0.05, 0.1) is 19.2 Å². The number of hydrogen-bond donors (Lipinski definition) is 2. The van der Waals surface area contributed by atoms with Crippen molar-refractivity contribution in [2.75, 3.05) is 13.7 Å². The van der Waals surface area contributed by atoms with Crippen molar-refractivity contribution in [3.63, 3.8) is 0 Å². The van der Waals surface area contributed by atoms with E-state index in [1.807, 2.05) is 29.2 Å². The number of aromatic carboxylic acids is 1. The van der Waals surface area contributed by atoms with E-state index >= 15 is 0 Å². The van der Waals surface area contributed by atoms with E-state index in [-0.39, 0.29) is 23.8 Å². The fourth-order valence-corrected chi connectivity index (χ4v) is 3.87. The van der Waals surface area contributed by atoms with Gasteiger partial charge in [-0.2, -0.15) is 0 Å². The monoisotopic (exact) mass is 444 g/mol. The molecule has 1 heterocycles. The van der Waals surface area contributed by atoms with Crippen LogP contribution in [0.15, 0.2) is 66.7 Å². The topological polar surface area (TPSA) is 95.9 Å². The lowest BCUT2D eigenvalue weighted by molar-refractivity contribution is 0.0696. The van der Waals surface area contributed by atoms with Crippen molar-refractivity contribution in [1.82, 2.24) is 10.2 Å². The molecule has 0 atom stereocenters. The predicted molar refractivity (Wildman–Crippen MR) is 122 cm³/mol. The minimum atomic E-state index is -0.971. The van der Waals surface area contributed by atoms with E-state index in [0.29, 0.717) is 30.8 Å². The Bertz CT molecular complexity index is 1190. The van der Waals surface area contributed by atoms with Gasteiger partial charge in [-0.05, 0) is 53.1 Å². The van der Waals surface area contributed by atoms with Crippen molar-refractivity contribution in [3.8, 4) is 5.75 Å². The number of ketones is 1. The first kappa shape index (κ1) is 22.2. The summed E-state index contributed by atoms with van der Waals surface area (Å²) in [5, 5.41) is 12.0. The van der Waals surface area contributed by atoms with Crippen molar-refractivity contribution in [1.29, 1.82) is 0 Å². The zero-order valence-corrected chi connectivity index (χ0v) is 18.2. The Balaban J connectivity index is 1.42. The highest BCUT2D eigenvalue weighted by atomic mass is 16.5. The third-order valence-corrected chi connectivity index (χ3v) is 5.65. The fraction of sp³-hybridized carbons (Fsp3) is 0.192. The average Bonchev–Trinajstić information content (AvgIpc) is 2.83. The van der Waals surface area contributed by atoms with Crippen molar-refractivity contribution in [3.05, 3.63) is 100 Å². The highest BCUT2D eigenvalue weighted by molar-refractivity contribution is 6.02. The van der Waals surface area contributed by atoms with Crippen LogP contribution in [0.25, 0.3) is 0 Å². The second kappa shape index (κ2) is 9.67. The van der Waals surface area contributed by atoms with Crippen molar-refractivity contribution >= 4 is 17.7 Å². The normalized spacial score (nSPS) is 13.3. The van der Waals surface area contributed by atoms with E-state index in [1.165, 1.54) is 0 Å². The van der Waals surface area contributed by atoms with Gasteiger partial charge in [-0.1, -0.05) is 30.3 Å². The maximum atomic E-state index is 12.7. The van der Waals surface area contributed by atoms with Crippen LogP contribution in [0.2, 0.25) is 0 Å². The minimum Gasteiger partial charge on any atom is -0.497 e. The SMILES string of the molecule is COc1ccc(CNC(=O)c2ccc3c(c2)CN(Cc2ccc(C(=O)O)cc2)CC3=O)cc1. The summed E-state index contributed by atoms with van der Waals surface area (Å²) >= 11 is 0. The van der Waals surface area contributed by atoms with Crippen molar-refractivity contribution in [2.45, 2.75) is 19.6 Å². The van der Waals surface area contributed by atoms with E-state index in [9.17, 15) is 14.4 Å². The lowest BCUT2D eigenvalue weighted by Gasteiger charge is -2.28. The third-order valence-electron chi connectivity index (χ3n) is 5.65. The number of nitrogens with one attached hydrogen (secondary N) is 1. The maximum absolute atomic E-state index is 12.7. The number of amides is 1. The van der Waals surface area contributed by atoms with Crippen LogP contribution in [-0.4, -0.2) is 41.3 Å². The predicted octanol–water partition coefficient (Wildman–Crippen LogP) is 3.52. The van der Waals surface area contributed by atoms with E-state index in [1.54, 1.807) is 49.6 Å². The van der Waals surface area contributed by atoms with Gasteiger partial charge in [0.25, 0.3) is 5.91 Å². The number of methoxy groups -OCH3 is 1. The van der Waals surface area contributed by atoms with Crippen LogP contribution in [0.3, 0.4) is 0 Å². The Morgan fingerprint density at radius 1 is 0.939 bits per heavy atom. The molecule has 2 N–H and O–H groups in total. The molecule has 4 rings (SSSR count). The molecule has 1 aliphatic rings. The zero-order chi connectivity index (χ0) is 23.4. The van der Waals surface area contributed by atoms with Gasteiger partial charge < -0.3 is 15.2 Å². The molecule has 0 spiro atoms. The van der Waals surface area contributed by atoms with Crippen LogP contribution in [0.1, 0.15) is 47.8 Å². The quantitative estimate of drug-likeness (QED) is 0.579. The van der Waals surface area contributed by atoms with Crippen LogP contribution in [0, 0.1) is 0 Å². The Labute approximate surface area is 191 Å². The summed E-state index contributed by atoms with van der Waals surface area (Å²) in [6.45, 7) is 1.70. The lowest BCUT2D eigenvalue weighted by Crippen LogP contribution is -2.35. The second-order valence-corrected chi connectivity index (χ2v) is 7.97. The standard InChI is InChI=1S/C26H24N2O5/c1-33-22-9-4-17(5-10-22)13-27-25(30)20-8-11-23-21(12-20)15-28(16-24(23)29)14-18-2-6-19(7-3-18)26(31)32/h2-12H,13-16H2,1H3,(H,27,30)(H,31,32). The molecule has 7 heteroatoms. The molecule has 0 aromatic heterocycles. The summed E-state index contributed by atoms with van der Waals surface area (Å²) in [6.07, 6.45) is 0. The largest absolute Gasteiger partial charge is 0.497 e. The van der Waals surface area contributed by atoms with Gasteiger partial charge in [-0.15, -0.1) is 0 Å². The molecule has 1 aliphatic heterocycles. The molecule has 0 bridgehead atoms. The number of benzene rings is 3. The molecule has 3 aromatic rings. The van der Waals surface area contributed by atoms with Gasteiger partial charge in [-0.3, -0.25) is 14.5 Å². The number of carbonyl (C=O) groups excluding carboxylic acids is 2. The number of Topliss-reactive ketones (excluding diaryl/α,β-unsaturated/α-hetero) is 1. The van der Waals surface area contributed by atoms with Crippen LogP contribution >= 0.6 is 0 Å². The number of carbonyl (C=O) groups is 3. The van der Waals surface area contributed by atoms with E-state index < -0.39 is 5.97 Å². The number of rotatable bonds is 7. The first-order valence-corrected chi connectivity index (χ1v) is 10.5. The number of fused-ring (bicyclic) bond motifs is 1. The van der Waals surface area contributed by atoms with Gasteiger partial charge in [0.2, 0.25) is 0 Å². The number of nitrogens with zero attached hydrogens (tertiary/aromatic N) is 1. The zero-order valence-electron chi connectivity index (χ0n) is 18.2. The molecular formula is C26H24N2O5. The first-order valence-electron chi connectivity index (χ1n) is 10.5. The molecule has 0 fully saturated rings. The summed E-state index contributed by atoms with van der Waals surface area (Å²) < 4.78 is 5.14. The molecule has 33 heavy (non-hydrogen) atoms. The molecule has 0 radical (unpaired) electrons. The van der Waals surface area contributed by atoms with Crippen molar-refractivity contribution < 1.29 is 24.2 Å². The molecule has 168 valence electrons. The summed E-state index contributed by atoms with van der Waals surface area (Å²) in [6, 6.07) is 19.3. The molecule has 0 aliphatic carbocycles. The molecule has 7 nitrogen and oxygen atoms in total. The summed E-state index contributed by atoms with van der Waals surface area (Å²) in [4.78, 5) is 38.3. The highest BCUT2D eigenvalue weighted by Gasteiger charge is 2.24. The summed E-state index contributed by atoms with van der Waals surface area (Å²) in [7, 11) is 1.60. The first-order chi connectivity index (χ1) is 15.9. The molecule has 0 unspecified atom stereocenters. The average molecular weight is 444 g/mol. The van der Waals surface area contributed by atoms with E-state index in [0.717, 1.165) is 22.4 Å². The lowest BCUT2D eigenvalue weighted by atomic mass is 9.95. The van der Waals surface area contributed by atoms with Crippen LogP contribution < -0.4 is 10.1 Å². The van der Waals surface area contributed by atoms with Gasteiger partial charge in [0.1, 0.15) is 5.75 Å². The van der Waals surface area contributed by atoms with Crippen LogP contribution in [0.5, 0.6) is 5.75 Å². The number of carboxylic acid groups (broad SMARTS) is 1. The van der Waals surface area contributed by atoms with E-state index in [2.05, 4.69) is 5.32 Å². The van der Waals surface area contributed by atoms with E-state index in [4.69, 9.17) is 9.84 Å². The number of ether oxygens (including phenoxy) is 1. The molecule has 1 amide bonds. The minimum absolute atomic E-state index is 0.00333. The molecule has 0 saturated carbocycles. The highest BCUT2D eigenvalue weighted by Crippen LogP contribution is 2.22. The van der Waals surface area contributed by atoms with Gasteiger partial charge >= 0.3 is 5.97 Å². The van der Waals surface area contributed by atoms with Gasteiger partial charge in [0, 0.05) is 30.8 Å². The smallest absolute Gasteiger partial charge is 0.335 e.